The lowest BCUT2D eigenvalue weighted by Crippen LogP contribution is -2.34. The molecule has 1 aromatic rings. The van der Waals surface area contributed by atoms with Crippen molar-refractivity contribution in [3.63, 3.8) is 0 Å². The van der Waals surface area contributed by atoms with Gasteiger partial charge in [-0.2, -0.15) is 4.31 Å². The zero-order valence-corrected chi connectivity index (χ0v) is 14.3. The molecule has 0 spiro atoms. The lowest BCUT2D eigenvalue weighted by atomic mass is 10.1. The minimum atomic E-state index is -3.39. The van der Waals surface area contributed by atoms with Crippen LogP contribution < -0.4 is 5.32 Å². The first-order valence-corrected chi connectivity index (χ1v) is 9.12. The fourth-order valence-corrected chi connectivity index (χ4v) is 4.81. The van der Waals surface area contributed by atoms with Crippen LogP contribution in [0.5, 0.6) is 0 Å². The molecule has 0 saturated heterocycles. The predicted molar refractivity (Wildman–Crippen MR) is 85.9 cm³/mol. The standard InChI is InChI=1S/C16H26N2O2S/c1-5-8-18(15-6-7-15)21(19,20)16-10-14(11-17-4)9-12(2)13(16)3/h9-10,15,17H,5-8,11H2,1-4H3. The highest BCUT2D eigenvalue weighted by Gasteiger charge is 2.38. The molecular formula is C16H26N2O2S. The van der Waals surface area contributed by atoms with Crippen molar-refractivity contribution in [3.8, 4) is 0 Å². The van der Waals surface area contributed by atoms with Gasteiger partial charge in [-0.3, -0.25) is 0 Å². The molecule has 1 aliphatic carbocycles. The summed E-state index contributed by atoms with van der Waals surface area (Å²) in [7, 11) is -1.52. The molecular weight excluding hydrogens is 284 g/mol. The van der Waals surface area contributed by atoms with Crippen LogP contribution in [0.25, 0.3) is 0 Å². The van der Waals surface area contributed by atoms with E-state index in [1.165, 1.54) is 0 Å². The van der Waals surface area contributed by atoms with Crippen LogP contribution in [0.2, 0.25) is 0 Å². The van der Waals surface area contributed by atoms with Gasteiger partial charge in [0.25, 0.3) is 0 Å². The zero-order chi connectivity index (χ0) is 15.6. The summed E-state index contributed by atoms with van der Waals surface area (Å²) < 4.78 is 27.8. The third kappa shape index (κ3) is 3.47. The maximum atomic E-state index is 13.0. The van der Waals surface area contributed by atoms with Gasteiger partial charge in [0.2, 0.25) is 10.0 Å². The van der Waals surface area contributed by atoms with Gasteiger partial charge in [0.05, 0.1) is 4.90 Å². The molecule has 5 heteroatoms. The average molecular weight is 310 g/mol. The summed E-state index contributed by atoms with van der Waals surface area (Å²) in [5, 5.41) is 3.09. The Labute approximate surface area is 128 Å². The van der Waals surface area contributed by atoms with Crippen LogP contribution in [-0.4, -0.2) is 32.4 Å². The van der Waals surface area contributed by atoms with Gasteiger partial charge >= 0.3 is 0 Å². The van der Waals surface area contributed by atoms with Gasteiger partial charge in [0, 0.05) is 19.1 Å². The van der Waals surface area contributed by atoms with E-state index in [2.05, 4.69) is 11.4 Å². The van der Waals surface area contributed by atoms with Gasteiger partial charge in [0.1, 0.15) is 0 Å². The molecule has 1 saturated carbocycles. The largest absolute Gasteiger partial charge is 0.316 e. The number of rotatable bonds is 7. The first-order valence-electron chi connectivity index (χ1n) is 7.68. The molecule has 0 aromatic heterocycles. The maximum Gasteiger partial charge on any atom is 0.243 e. The Balaban J connectivity index is 2.47. The second-order valence-electron chi connectivity index (χ2n) is 5.91. The van der Waals surface area contributed by atoms with Gasteiger partial charge in [0.15, 0.2) is 0 Å². The summed E-state index contributed by atoms with van der Waals surface area (Å²) in [6.07, 6.45) is 2.84. The molecule has 0 heterocycles. The van der Waals surface area contributed by atoms with Crippen molar-refractivity contribution in [2.45, 2.75) is 57.5 Å². The number of benzene rings is 1. The van der Waals surface area contributed by atoms with E-state index >= 15 is 0 Å². The second-order valence-corrected chi connectivity index (χ2v) is 7.77. The van der Waals surface area contributed by atoms with E-state index in [4.69, 9.17) is 0 Å². The fourth-order valence-electron chi connectivity index (χ4n) is 2.68. The molecule has 1 fully saturated rings. The van der Waals surface area contributed by atoms with Crippen molar-refractivity contribution in [1.82, 2.24) is 9.62 Å². The van der Waals surface area contributed by atoms with Crippen molar-refractivity contribution in [2.75, 3.05) is 13.6 Å². The Morgan fingerprint density at radius 3 is 2.48 bits per heavy atom. The number of hydrogen-bond acceptors (Lipinski definition) is 3. The molecule has 4 nitrogen and oxygen atoms in total. The Morgan fingerprint density at radius 2 is 1.95 bits per heavy atom. The molecule has 0 atom stereocenters. The highest BCUT2D eigenvalue weighted by atomic mass is 32.2. The van der Waals surface area contributed by atoms with E-state index in [-0.39, 0.29) is 6.04 Å². The monoisotopic (exact) mass is 310 g/mol. The number of aryl methyl sites for hydroxylation is 1. The summed E-state index contributed by atoms with van der Waals surface area (Å²) in [6, 6.07) is 4.10. The highest BCUT2D eigenvalue weighted by molar-refractivity contribution is 7.89. The van der Waals surface area contributed by atoms with Crippen molar-refractivity contribution in [2.24, 2.45) is 0 Å². The molecule has 0 unspecified atom stereocenters. The van der Waals surface area contributed by atoms with Gasteiger partial charge in [-0.05, 0) is 62.9 Å². The molecule has 118 valence electrons. The van der Waals surface area contributed by atoms with E-state index < -0.39 is 10.0 Å². The number of sulfonamides is 1. The quantitative estimate of drug-likeness (QED) is 0.842. The molecule has 0 aliphatic heterocycles. The SMILES string of the molecule is CCCN(C1CC1)S(=O)(=O)c1cc(CNC)cc(C)c1C. The van der Waals surface area contributed by atoms with Crippen LogP contribution in [-0.2, 0) is 16.6 Å². The third-order valence-electron chi connectivity index (χ3n) is 4.05. The lowest BCUT2D eigenvalue weighted by Gasteiger charge is -2.23. The average Bonchev–Trinajstić information content (AvgIpc) is 3.24. The molecule has 0 radical (unpaired) electrons. The maximum absolute atomic E-state index is 13.0. The number of hydrogen-bond donors (Lipinski definition) is 1. The second kappa shape index (κ2) is 6.46. The molecule has 21 heavy (non-hydrogen) atoms. The van der Waals surface area contributed by atoms with Crippen LogP contribution in [0.15, 0.2) is 17.0 Å². The Hall–Kier alpha value is -0.910. The number of nitrogens with zero attached hydrogens (tertiary/aromatic N) is 1. The van der Waals surface area contributed by atoms with Crippen molar-refractivity contribution in [3.05, 3.63) is 28.8 Å². The molecule has 0 bridgehead atoms. The summed E-state index contributed by atoms with van der Waals surface area (Å²) in [4.78, 5) is 0.480. The van der Waals surface area contributed by atoms with E-state index in [9.17, 15) is 8.42 Å². The predicted octanol–water partition coefficient (Wildman–Crippen LogP) is 2.59. The van der Waals surface area contributed by atoms with E-state index in [1.54, 1.807) is 4.31 Å². The van der Waals surface area contributed by atoms with Gasteiger partial charge < -0.3 is 5.32 Å². The van der Waals surface area contributed by atoms with E-state index in [0.29, 0.717) is 18.0 Å². The zero-order valence-electron chi connectivity index (χ0n) is 13.4. The molecule has 0 amide bonds. The Kier molecular flexibility index (Phi) is 5.07. The van der Waals surface area contributed by atoms with Crippen molar-refractivity contribution in [1.29, 1.82) is 0 Å². The number of nitrogens with one attached hydrogen (secondary N) is 1. The molecule has 1 N–H and O–H groups in total. The summed E-state index contributed by atoms with van der Waals surface area (Å²) in [5.74, 6) is 0. The summed E-state index contributed by atoms with van der Waals surface area (Å²) in [5.41, 5.74) is 2.93. The van der Waals surface area contributed by atoms with E-state index in [0.717, 1.165) is 36.0 Å². The van der Waals surface area contributed by atoms with Crippen LogP contribution in [0.1, 0.15) is 42.9 Å². The van der Waals surface area contributed by atoms with Crippen molar-refractivity contribution < 1.29 is 8.42 Å². The Morgan fingerprint density at radius 1 is 1.29 bits per heavy atom. The van der Waals surface area contributed by atoms with Gasteiger partial charge in [-0.25, -0.2) is 8.42 Å². The minimum Gasteiger partial charge on any atom is -0.316 e. The van der Waals surface area contributed by atoms with Gasteiger partial charge in [-0.15, -0.1) is 0 Å². The summed E-state index contributed by atoms with van der Waals surface area (Å²) in [6.45, 7) is 7.21. The minimum absolute atomic E-state index is 0.211. The van der Waals surface area contributed by atoms with Crippen LogP contribution in [0.3, 0.4) is 0 Å². The van der Waals surface area contributed by atoms with E-state index in [1.807, 2.05) is 33.9 Å². The Bertz CT molecular complexity index is 607. The van der Waals surface area contributed by atoms with Crippen LogP contribution >= 0.6 is 0 Å². The first-order chi connectivity index (χ1) is 9.91. The smallest absolute Gasteiger partial charge is 0.243 e. The van der Waals surface area contributed by atoms with Gasteiger partial charge in [-0.1, -0.05) is 13.0 Å². The third-order valence-corrected chi connectivity index (χ3v) is 6.12. The fraction of sp³-hybridized carbons (Fsp3) is 0.625. The van der Waals surface area contributed by atoms with Crippen LogP contribution in [0.4, 0.5) is 0 Å². The van der Waals surface area contributed by atoms with Crippen molar-refractivity contribution >= 4 is 10.0 Å². The lowest BCUT2D eigenvalue weighted by molar-refractivity contribution is 0.403. The summed E-state index contributed by atoms with van der Waals surface area (Å²) >= 11 is 0. The molecule has 2 rings (SSSR count). The molecule has 1 aromatic carbocycles. The molecule has 1 aliphatic rings. The van der Waals surface area contributed by atoms with Crippen LogP contribution in [0, 0.1) is 13.8 Å². The topological polar surface area (TPSA) is 49.4 Å². The normalized spacial score (nSPS) is 15.7. The first kappa shape index (κ1) is 16.5. The highest BCUT2D eigenvalue weighted by Crippen LogP contribution is 2.34.